The molecule has 2 aromatic rings. The standard InChI is InChI=1S/C26H30N4O3/c31-25-22-9-8-21(30-12-14-33-15-13-30)16-23(22)24(26(32)28-25)17-27-20-6-4-19(5-7-20)18-29-10-2-1-3-11-29/h4-9,16-17,27H,1-3,10-15,18H2,(H,28,31,32)/b24-17-. The quantitative estimate of drug-likeness (QED) is 0.543. The van der Waals surface area contributed by atoms with Gasteiger partial charge in [-0.3, -0.25) is 19.8 Å². The number of hydrogen-bond donors (Lipinski definition) is 2. The van der Waals surface area contributed by atoms with Crippen molar-refractivity contribution in [1.29, 1.82) is 0 Å². The van der Waals surface area contributed by atoms with E-state index in [1.165, 1.54) is 37.9 Å². The Hall–Kier alpha value is -3.16. The molecule has 172 valence electrons. The maximum atomic E-state index is 12.7. The van der Waals surface area contributed by atoms with E-state index in [0.717, 1.165) is 31.0 Å². The van der Waals surface area contributed by atoms with E-state index >= 15 is 0 Å². The highest BCUT2D eigenvalue weighted by molar-refractivity contribution is 6.31. The highest BCUT2D eigenvalue weighted by Crippen LogP contribution is 2.29. The van der Waals surface area contributed by atoms with Crippen molar-refractivity contribution in [3.05, 3.63) is 65.4 Å². The second kappa shape index (κ2) is 9.77. The Labute approximate surface area is 194 Å². The van der Waals surface area contributed by atoms with E-state index < -0.39 is 0 Å². The number of morpholine rings is 1. The minimum absolute atomic E-state index is 0.359. The lowest BCUT2D eigenvalue weighted by molar-refractivity contribution is -0.114. The van der Waals surface area contributed by atoms with Crippen molar-refractivity contribution in [2.45, 2.75) is 25.8 Å². The van der Waals surface area contributed by atoms with Gasteiger partial charge in [-0.05, 0) is 61.8 Å². The van der Waals surface area contributed by atoms with Crippen molar-refractivity contribution in [3.63, 3.8) is 0 Å². The maximum Gasteiger partial charge on any atom is 0.260 e. The first kappa shape index (κ1) is 21.7. The van der Waals surface area contributed by atoms with Gasteiger partial charge in [-0.1, -0.05) is 18.6 Å². The smallest absolute Gasteiger partial charge is 0.260 e. The van der Waals surface area contributed by atoms with Crippen LogP contribution in [0.3, 0.4) is 0 Å². The third-order valence-corrected chi connectivity index (χ3v) is 6.58. The fourth-order valence-electron chi connectivity index (χ4n) is 4.71. The summed E-state index contributed by atoms with van der Waals surface area (Å²) in [6.45, 7) is 6.25. The lowest BCUT2D eigenvalue weighted by Crippen LogP contribution is -2.38. The van der Waals surface area contributed by atoms with Gasteiger partial charge in [0.05, 0.1) is 18.8 Å². The summed E-state index contributed by atoms with van der Waals surface area (Å²) in [5.74, 6) is -0.747. The van der Waals surface area contributed by atoms with Crippen molar-refractivity contribution < 1.29 is 14.3 Å². The van der Waals surface area contributed by atoms with Crippen LogP contribution in [0.1, 0.15) is 40.7 Å². The molecule has 7 heteroatoms. The molecule has 0 unspecified atom stereocenters. The number of imide groups is 1. The fourth-order valence-corrected chi connectivity index (χ4v) is 4.71. The van der Waals surface area contributed by atoms with Crippen LogP contribution in [0.4, 0.5) is 11.4 Å². The number of fused-ring (bicyclic) bond motifs is 1. The molecule has 0 atom stereocenters. The zero-order chi connectivity index (χ0) is 22.6. The number of ether oxygens (including phenoxy) is 1. The first-order chi connectivity index (χ1) is 16.2. The van der Waals surface area contributed by atoms with Crippen LogP contribution in [0.15, 0.2) is 48.7 Å². The summed E-state index contributed by atoms with van der Waals surface area (Å²) in [4.78, 5) is 29.8. The molecule has 3 aliphatic heterocycles. The van der Waals surface area contributed by atoms with Gasteiger partial charge in [-0.25, -0.2) is 0 Å². The minimum atomic E-state index is -0.388. The molecule has 0 aliphatic carbocycles. The zero-order valence-electron chi connectivity index (χ0n) is 18.8. The minimum Gasteiger partial charge on any atom is -0.378 e. The van der Waals surface area contributed by atoms with Crippen molar-refractivity contribution in [3.8, 4) is 0 Å². The van der Waals surface area contributed by atoms with Gasteiger partial charge >= 0.3 is 0 Å². The summed E-state index contributed by atoms with van der Waals surface area (Å²) in [6, 6.07) is 14.0. The molecule has 3 heterocycles. The number of rotatable bonds is 5. The predicted octanol–water partition coefficient (Wildman–Crippen LogP) is 3.23. The summed E-state index contributed by atoms with van der Waals surface area (Å²) >= 11 is 0. The summed E-state index contributed by atoms with van der Waals surface area (Å²) < 4.78 is 5.44. The first-order valence-electron chi connectivity index (χ1n) is 11.8. The van der Waals surface area contributed by atoms with Crippen LogP contribution in [0.25, 0.3) is 5.57 Å². The van der Waals surface area contributed by atoms with Crippen molar-refractivity contribution in [2.75, 3.05) is 49.6 Å². The van der Waals surface area contributed by atoms with Gasteiger partial charge in [0.2, 0.25) is 0 Å². The Morgan fingerprint density at radius 3 is 2.39 bits per heavy atom. The molecule has 0 bridgehead atoms. The Morgan fingerprint density at radius 2 is 1.64 bits per heavy atom. The van der Waals surface area contributed by atoms with E-state index in [2.05, 4.69) is 32.6 Å². The molecule has 2 amide bonds. The van der Waals surface area contributed by atoms with Crippen molar-refractivity contribution >= 4 is 28.8 Å². The molecule has 3 aliphatic rings. The summed E-state index contributed by atoms with van der Waals surface area (Å²) in [5, 5.41) is 5.70. The lowest BCUT2D eigenvalue weighted by atomic mass is 9.94. The van der Waals surface area contributed by atoms with Crippen molar-refractivity contribution in [2.24, 2.45) is 0 Å². The summed E-state index contributed by atoms with van der Waals surface area (Å²) in [5.41, 5.74) is 4.81. The molecule has 2 N–H and O–H groups in total. The third kappa shape index (κ3) is 4.94. The van der Waals surface area contributed by atoms with E-state index in [1.807, 2.05) is 24.3 Å². The van der Waals surface area contributed by atoms with Crippen LogP contribution >= 0.6 is 0 Å². The number of piperidine rings is 1. The highest BCUT2D eigenvalue weighted by Gasteiger charge is 2.28. The molecule has 0 radical (unpaired) electrons. The van der Waals surface area contributed by atoms with Gasteiger partial charge in [0, 0.05) is 48.3 Å². The maximum absolute atomic E-state index is 12.7. The molecular formula is C26H30N4O3. The molecule has 0 spiro atoms. The normalized spacial score (nSPS) is 20.5. The Morgan fingerprint density at radius 1 is 0.879 bits per heavy atom. The number of likely N-dealkylation sites (tertiary alicyclic amines) is 1. The Bertz CT molecular complexity index is 1050. The number of hydrogen-bond acceptors (Lipinski definition) is 6. The number of benzene rings is 2. The molecule has 0 aromatic heterocycles. The topological polar surface area (TPSA) is 73.9 Å². The average Bonchev–Trinajstić information content (AvgIpc) is 2.86. The van der Waals surface area contributed by atoms with Crippen LogP contribution in [0.5, 0.6) is 0 Å². The Kier molecular flexibility index (Phi) is 6.41. The number of carbonyl (C=O) groups excluding carboxylic acids is 2. The van der Waals surface area contributed by atoms with E-state index in [0.29, 0.717) is 29.9 Å². The van der Waals surface area contributed by atoms with E-state index in [9.17, 15) is 9.59 Å². The largest absolute Gasteiger partial charge is 0.378 e. The molecule has 0 saturated carbocycles. The molecule has 2 fully saturated rings. The molecule has 2 aromatic carbocycles. The zero-order valence-corrected chi connectivity index (χ0v) is 18.8. The van der Waals surface area contributed by atoms with Gasteiger partial charge in [0.25, 0.3) is 11.8 Å². The van der Waals surface area contributed by atoms with E-state index in [1.54, 1.807) is 12.3 Å². The summed E-state index contributed by atoms with van der Waals surface area (Å²) in [7, 11) is 0. The molecule has 7 nitrogen and oxygen atoms in total. The lowest BCUT2D eigenvalue weighted by Gasteiger charge is -2.30. The number of nitrogens with zero attached hydrogens (tertiary/aromatic N) is 2. The van der Waals surface area contributed by atoms with Gasteiger partial charge in [-0.2, -0.15) is 0 Å². The number of nitrogens with one attached hydrogen (secondary N) is 2. The van der Waals surface area contributed by atoms with Crippen LogP contribution in [-0.2, 0) is 16.1 Å². The van der Waals surface area contributed by atoms with Gasteiger partial charge in [0.1, 0.15) is 0 Å². The fraction of sp³-hybridized carbons (Fsp3) is 0.385. The van der Waals surface area contributed by atoms with Crippen LogP contribution in [0, 0.1) is 0 Å². The monoisotopic (exact) mass is 446 g/mol. The molecular weight excluding hydrogens is 416 g/mol. The Balaban J connectivity index is 1.34. The van der Waals surface area contributed by atoms with Crippen LogP contribution < -0.4 is 15.5 Å². The second-order valence-electron chi connectivity index (χ2n) is 8.85. The number of anilines is 2. The van der Waals surface area contributed by atoms with Crippen LogP contribution in [0.2, 0.25) is 0 Å². The van der Waals surface area contributed by atoms with E-state index in [-0.39, 0.29) is 11.8 Å². The predicted molar refractivity (Wildman–Crippen MR) is 129 cm³/mol. The molecule has 5 rings (SSSR count). The SMILES string of the molecule is O=C1NC(=O)c2ccc(N3CCOCC3)cc2/C1=C/Nc1ccc(CN2CCCCC2)cc1. The number of amides is 2. The third-order valence-electron chi connectivity index (χ3n) is 6.58. The van der Waals surface area contributed by atoms with Crippen LogP contribution in [-0.4, -0.2) is 56.1 Å². The second-order valence-corrected chi connectivity index (χ2v) is 8.85. The number of carbonyl (C=O) groups is 2. The van der Waals surface area contributed by atoms with Crippen molar-refractivity contribution in [1.82, 2.24) is 10.2 Å². The summed E-state index contributed by atoms with van der Waals surface area (Å²) in [6.07, 6.45) is 5.60. The molecule has 2 saturated heterocycles. The molecule has 33 heavy (non-hydrogen) atoms. The van der Waals surface area contributed by atoms with Gasteiger partial charge in [0.15, 0.2) is 0 Å². The van der Waals surface area contributed by atoms with Gasteiger partial charge in [-0.15, -0.1) is 0 Å². The van der Waals surface area contributed by atoms with Gasteiger partial charge < -0.3 is 15.0 Å². The van der Waals surface area contributed by atoms with E-state index in [4.69, 9.17) is 4.74 Å². The first-order valence-corrected chi connectivity index (χ1v) is 11.8. The highest BCUT2D eigenvalue weighted by atomic mass is 16.5. The average molecular weight is 447 g/mol.